The number of para-hydroxylation sites is 1. The van der Waals surface area contributed by atoms with E-state index in [0.717, 1.165) is 11.3 Å². The Bertz CT molecular complexity index is 646. The molecule has 0 aliphatic heterocycles. The van der Waals surface area contributed by atoms with Gasteiger partial charge >= 0.3 is 0 Å². The van der Waals surface area contributed by atoms with Gasteiger partial charge in [-0.25, -0.2) is 4.39 Å². The summed E-state index contributed by atoms with van der Waals surface area (Å²) in [5.74, 6) is 0.183. The van der Waals surface area contributed by atoms with Crippen molar-refractivity contribution in [2.24, 2.45) is 0 Å². The molecule has 0 heterocycles. The van der Waals surface area contributed by atoms with E-state index >= 15 is 0 Å². The van der Waals surface area contributed by atoms with Crippen LogP contribution < -0.4 is 10.1 Å². The predicted molar refractivity (Wildman–Crippen MR) is 83.1 cm³/mol. The molecule has 0 aliphatic carbocycles. The number of rotatable bonds is 5. The minimum atomic E-state index is -0.388. The normalized spacial score (nSPS) is 10.2. The van der Waals surface area contributed by atoms with E-state index in [1.54, 1.807) is 7.11 Å². The van der Waals surface area contributed by atoms with Crippen molar-refractivity contribution in [3.8, 4) is 5.75 Å². The van der Waals surface area contributed by atoms with Crippen LogP contribution in [0, 0.1) is 5.82 Å². The number of ether oxygens (including phenoxy) is 1. The maximum absolute atomic E-state index is 13.1. The topological polar surface area (TPSA) is 38.3 Å². The van der Waals surface area contributed by atoms with Crippen molar-refractivity contribution in [2.75, 3.05) is 13.7 Å². The highest BCUT2D eigenvalue weighted by Gasteiger charge is 2.08. The van der Waals surface area contributed by atoms with Crippen molar-refractivity contribution < 1.29 is 13.9 Å². The molecule has 0 atom stereocenters. The molecule has 5 heteroatoms. The summed E-state index contributed by atoms with van der Waals surface area (Å²) in [5, 5.41) is 2.81. The highest BCUT2D eigenvalue weighted by molar-refractivity contribution is 9.10. The average molecular weight is 352 g/mol. The van der Waals surface area contributed by atoms with Crippen molar-refractivity contribution in [3.05, 3.63) is 63.9 Å². The molecule has 0 spiro atoms. The third kappa shape index (κ3) is 4.04. The first kappa shape index (κ1) is 15.5. The van der Waals surface area contributed by atoms with E-state index in [1.807, 2.05) is 24.3 Å². The number of hydrogen-bond donors (Lipinski definition) is 1. The zero-order valence-electron chi connectivity index (χ0n) is 11.5. The van der Waals surface area contributed by atoms with Crippen LogP contribution in [-0.4, -0.2) is 19.6 Å². The van der Waals surface area contributed by atoms with Gasteiger partial charge in [-0.1, -0.05) is 18.2 Å². The molecule has 21 heavy (non-hydrogen) atoms. The van der Waals surface area contributed by atoms with Gasteiger partial charge < -0.3 is 10.1 Å². The smallest absolute Gasteiger partial charge is 0.251 e. The van der Waals surface area contributed by atoms with Gasteiger partial charge in [-0.2, -0.15) is 0 Å². The fraction of sp³-hybridized carbons (Fsp3) is 0.188. The number of amides is 1. The van der Waals surface area contributed by atoms with Crippen LogP contribution in [0.5, 0.6) is 5.75 Å². The molecule has 1 amide bonds. The maximum Gasteiger partial charge on any atom is 0.251 e. The molecule has 2 aromatic carbocycles. The Morgan fingerprint density at radius 3 is 2.76 bits per heavy atom. The number of carbonyl (C=O) groups is 1. The Labute approximate surface area is 131 Å². The lowest BCUT2D eigenvalue weighted by Crippen LogP contribution is -2.25. The Morgan fingerprint density at radius 2 is 2.05 bits per heavy atom. The van der Waals surface area contributed by atoms with Crippen LogP contribution in [0.15, 0.2) is 46.9 Å². The van der Waals surface area contributed by atoms with Gasteiger partial charge in [0.15, 0.2) is 0 Å². The van der Waals surface area contributed by atoms with Crippen molar-refractivity contribution in [2.45, 2.75) is 6.42 Å². The second-order valence-electron chi connectivity index (χ2n) is 4.45. The molecule has 3 nitrogen and oxygen atoms in total. The van der Waals surface area contributed by atoms with Crippen molar-refractivity contribution in [1.82, 2.24) is 5.32 Å². The fourth-order valence-corrected chi connectivity index (χ4v) is 2.34. The largest absolute Gasteiger partial charge is 0.496 e. The summed E-state index contributed by atoms with van der Waals surface area (Å²) in [7, 11) is 1.62. The minimum Gasteiger partial charge on any atom is -0.496 e. The van der Waals surface area contributed by atoms with Gasteiger partial charge in [0.05, 0.1) is 11.6 Å². The molecule has 0 bridgehead atoms. The zero-order chi connectivity index (χ0) is 15.2. The van der Waals surface area contributed by atoms with Gasteiger partial charge in [-0.15, -0.1) is 0 Å². The van der Waals surface area contributed by atoms with Crippen LogP contribution in [0.4, 0.5) is 4.39 Å². The fourth-order valence-electron chi connectivity index (χ4n) is 1.96. The van der Waals surface area contributed by atoms with Crippen LogP contribution in [0.3, 0.4) is 0 Å². The zero-order valence-corrected chi connectivity index (χ0v) is 13.1. The molecule has 1 N–H and O–H groups in total. The van der Waals surface area contributed by atoms with Gasteiger partial charge in [0.25, 0.3) is 5.91 Å². The number of carbonyl (C=O) groups excluding carboxylic acids is 1. The molecule has 0 saturated carbocycles. The molecule has 2 aromatic rings. The summed E-state index contributed by atoms with van der Waals surface area (Å²) in [6, 6.07) is 11.9. The first-order valence-electron chi connectivity index (χ1n) is 6.47. The lowest BCUT2D eigenvalue weighted by molar-refractivity contribution is 0.0954. The molecule has 0 aromatic heterocycles. The first-order chi connectivity index (χ1) is 10.1. The van der Waals surface area contributed by atoms with Crippen molar-refractivity contribution in [1.29, 1.82) is 0 Å². The van der Waals surface area contributed by atoms with E-state index < -0.39 is 0 Å². The molecule has 0 fully saturated rings. The van der Waals surface area contributed by atoms with Gasteiger partial charge in [0, 0.05) is 12.1 Å². The number of nitrogens with one attached hydrogen (secondary N) is 1. The standard InChI is InChI=1S/C16H15BrFNO2/c1-21-15-5-3-2-4-11(15)8-9-19-16(20)12-6-7-14(18)13(17)10-12/h2-7,10H,8-9H2,1H3,(H,19,20). The van der Waals surface area contributed by atoms with Gasteiger partial charge in [-0.05, 0) is 52.2 Å². The number of benzene rings is 2. The van der Waals surface area contributed by atoms with E-state index in [4.69, 9.17) is 4.74 Å². The summed E-state index contributed by atoms with van der Waals surface area (Å²) in [6.45, 7) is 0.480. The quantitative estimate of drug-likeness (QED) is 0.894. The van der Waals surface area contributed by atoms with Crippen LogP contribution in [0.25, 0.3) is 0 Å². The number of hydrogen-bond acceptors (Lipinski definition) is 2. The lowest BCUT2D eigenvalue weighted by Gasteiger charge is -2.09. The van der Waals surface area contributed by atoms with E-state index in [9.17, 15) is 9.18 Å². The number of halogens is 2. The third-order valence-electron chi connectivity index (χ3n) is 3.05. The molecule has 2 rings (SSSR count). The molecule has 0 unspecified atom stereocenters. The summed E-state index contributed by atoms with van der Waals surface area (Å²) in [4.78, 5) is 12.0. The van der Waals surface area contributed by atoms with Crippen LogP contribution in [0.2, 0.25) is 0 Å². The Morgan fingerprint density at radius 1 is 1.29 bits per heavy atom. The molecule has 110 valence electrons. The monoisotopic (exact) mass is 351 g/mol. The highest BCUT2D eigenvalue weighted by Crippen LogP contribution is 2.18. The molecule has 0 radical (unpaired) electrons. The molecular formula is C16H15BrFNO2. The second-order valence-corrected chi connectivity index (χ2v) is 5.30. The molecular weight excluding hydrogens is 337 g/mol. The van der Waals surface area contributed by atoms with Gasteiger partial charge in [0.2, 0.25) is 0 Å². The Hall–Kier alpha value is -1.88. The third-order valence-corrected chi connectivity index (χ3v) is 3.66. The lowest BCUT2D eigenvalue weighted by atomic mass is 10.1. The van der Waals surface area contributed by atoms with Crippen LogP contribution in [-0.2, 0) is 6.42 Å². The Kier molecular flexibility index (Phi) is 5.33. The molecule has 0 saturated heterocycles. The van der Waals surface area contributed by atoms with Crippen molar-refractivity contribution >= 4 is 21.8 Å². The summed E-state index contributed by atoms with van der Waals surface area (Å²) in [5.41, 5.74) is 1.45. The summed E-state index contributed by atoms with van der Waals surface area (Å²) in [6.07, 6.45) is 0.665. The minimum absolute atomic E-state index is 0.231. The van der Waals surface area contributed by atoms with Crippen LogP contribution >= 0.6 is 15.9 Å². The van der Waals surface area contributed by atoms with Gasteiger partial charge in [0.1, 0.15) is 11.6 Å². The first-order valence-corrected chi connectivity index (χ1v) is 7.26. The second kappa shape index (κ2) is 7.22. The predicted octanol–water partition coefficient (Wildman–Crippen LogP) is 3.57. The van der Waals surface area contributed by atoms with E-state index in [2.05, 4.69) is 21.2 Å². The molecule has 0 aliphatic rings. The Balaban J connectivity index is 1.93. The van der Waals surface area contributed by atoms with E-state index in [1.165, 1.54) is 18.2 Å². The SMILES string of the molecule is COc1ccccc1CCNC(=O)c1ccc(F)c(Br)c1. The van der Waals surface area contributed by atoms with Gasteiger partial charge in [-0.3, -0.25) is 4.79 Å². The maximum atomic E-state index is 13.1. The highest BCUT2D eigenvalue weighted by atomic mass is 79.9. The van der Waals surface area contributed by atoms with E-state index in [-0.39, 0.29) is 16.2 Å². The summed E-state index contributed by atoms with van der Waals surface area (Å²) < 4.78 is 18.7. The average Bonchev–Trinajstić information content (AvgIpc) is 2.50. The van der Waals surface area contributed by atoms with Crippen LogP contribution in [0.1, 0.15) is 15.9 Å². The number of methoxy groups -OCH3 is 1. The van der Waals surface area contributed by atoms with E-state index in [0.29, 0.717) is 18.5 Å². The van der Waals surface area contributed by atoms with Crippen molar-refractivity contribution in [3.63, 3.8) is 0 Å². The summed E-state index contributed by atoms with van der Waals surface area (Å²) >= 11 is 3.07.